The number of hydrogen-bond acceptors (Lipinski definition) is 5. The van der Waals surface area contributed by atoms with Crippen LogP contribution in [0.1, 0.15) is 28.4 Å². The Balaban J connectivity index is 1.61. The number of ether oxygens (including phenoxy) is 1. The Kier molecular flexibility index (Phi) is 4.63. The molecular weight excluding hydrogens is 396 g/mol. The van der Waals surface area contributed by atoms with Crippen molar-refractivity contribution >= 4 is 10.9 Å². The van der Waals surface area contributed by atoms with Crippen molar-refractivity contribution in [3.8, 4) is 11.6 Å². The van der Waals surface area contributed by atoms with Gasteiger partial charge in [0.2, 0.25) is 5.88 Å². The molecule has 8 heteroatoms. The van der Waals surface area contributed by atoms with Crippen LogP contribution < -0.4 is 21.3 Å². The first kappa shape index (κ1) is 19.2. The van der Waals surface area contributed by atoms with Crippen molar-refractivity contribution in [2.75, 3.05) is 13.7 Å². The van der Waals surface area contributed by atoms with Crippen LogP contribution in [0.25, 0.3) is 10.9 Å². The Labute approximate surface area is 177 Å². The number of methoxy groups -OCH3 is 1. The van der Waals surface area contributed by atoms with E-state index in [9.17, 15) is 14.7 Å². The van der Waals surface area contributed by atoms with E-state index in [1.807, 2.05) is 36.4 Å². The third-order valence-corrected chi connectivity index (χ3v) is 5.85. The van der Waals surface area contributed by atoms with Gasteiger partial charge in [-0.25, -0.2) is 4.79 Å². The van der Waals surface area contributed by atoms with Crippen molar-refractivity contribution in [2.24, 2.45) is 0 Å². The van der Waals surface area contributed by atoms with Crippen molar-refractivity contribution in [2.45, 2.75) is 19.0 Å². The number of nitrogens with zero attached hydrogens (tertiary/aromatic N) is 1. The summed E-state index contributed by atoms with van der Waals surface area (Å²) in [6, 6.07) is 14.6. The second kappa shape index (κ2) is 7.48. The molecule has 31 heavy (non-hydrogen) atoms. The second-order valence-electron chi connectivity index (χ2n) is 7.63. The molecule has 2 aromatic heterocycles. The van der Waals surface area contributed by atoms with Crippen LogP contribution in [-0.2, 0) is 13.0 Å². The van der Waals surface area contributed by atoms with Gasteiger partial charge >= 0.3 is 5.69 Å². The van der Waals surface area contributed by atoms with Crippen molar-refractivity contribution in [3.05, 3.63) is 91.8 Å². The van der Waals surface area contributed by atoms with E-state index in [1.54, 1.807) is 19.2 Å². The van der Waals surface area contributed by atoms with Crippen LogP contribution in [0.5, 0.6) is 11.6 Å². The van der Waals surface area contributed by atoms with Crippen LogP contribution >= 0.6 is 0 Å². The van der Waals surface area contributed by atoms with Gasteiger partial charge in [0.25, 0.3) is 5.56 Å². The Morgan fingerprint density at radius 2 is 1.87 bits per heavy atom. The fourth-order valence-corrected chi connectivity index (χ4v) is 4.32. The number of rotatable bonds is 4. The Bertz CT molecular complexity index is 1380. The lowest BCUT2D eigenvalue weighted by molar-refractivity contribution is 0.390. The molecule has 0 fully saturated rings. The molecule has 0 saturated heterocycles. The molecule has 0 amide bonds. The number of benzene rings is 2. The maximum atomic E-state index is 12.8. The summed E-state index contributed by atoms with van der Waals surface area (Å²) in [6.45, 7) is 0.765. The Morgan fingerprint density at radius 1 is 1.10 bits per heavy atom. The molecule has 0 unspecified atom stereocenters. The number of aromatic hydroxyl groups is 1. The fraction of sp³-hybridized carbons (Fsp3) is 0.217. The number of fused-ring (bicyclic) bond motifs is 3. The zero-order valence-electron chi connectivity index (χ0n) is 16.9. The first-order valence-electron chi connectivity index (χ1n) is 10.1. The number of para-hydroxylation sites is 1. The zero-order valence-corrected chi connectivity index (χ0v) is 16.9. The molecule has 0 aliphatic carbocycles. The van der Waals surface area contributed by atoms with Crippen molar-refractivity contribution in [1.82, 2.24) is 19.9 Å². The summed E-state index contributed by atoms with van der Waals surface area (Å²) in [5.41, 5.74) is 2.59. The quantitative estimate of drug-likeness (QED) is 0.405. The molecule has 4 N–H and O–H groups in total. The topological polar surface area (TPSA) is 112 Å². The van der Waals surface area contributed by atoms with Gasteiger partial charge in [0.1, 0.15) is 11.3 Å². The minimum Gasteiger partial charge on any atom is -0.497 e. The number of nitrogens with one attached hydrogen (secondary N) is 3. The van der Waals surface area contributed by atoms with Crippen LogP contribution in [0.2, 0.25) is 0 Å². The Morgan fingerprint density at radius 3 is 2.65 bits per heavy atom. The molecule has 1 aliphatic rings. The van der Waals surface area contributed by atoms with Gasteiger partial charge in [-0.05, 0) is 35.7 Å². The van der Waals surface area contributed by atoms with Crippen molar-refractivity contribution in [3.63, 3.8) is 0 Å². The monoisotopic (exact) mass is 418 g/mol. The molecule has 8 nitrogen and oxygen atoms in total. The predicted octanol–water partition coefficient (Wildman–Crippen LogP) is 2.02. The average Bonchev–Trinajstić information content (AvgIpc) is 3.16. The lowest BCUT2D eigenvalue weighted by atomic mass is 9.95. The maximum Gasteiger partial charge on any atom is 0.331 e. The second-order valence-corrected chi connectivity index (χ2v) is 7.63. The number of hydrogen-bond donors (Lipinski definition) is 4. The number of aromatic amines is 2. The van der Waals surface area contributed by atoms with Gasteiger partial charge < -0.3 is 20.1 Å². The lowest BCUT2D eigenvalue weighted by Gasteiger charge is -2.25. The molecule has 158 valence electrons. The lowest BCUT2D eigenvalue weighted by Crippen LogP contribution is -2.39. The number of aromatic nitrogens is 3. The van der Waals surface area contributed by atoms with E-state index < -0.39 is 17.3 Å². The van der Waals surface area contributed by atoms with Gasteiger partial charge in [-0.3, -0.25) is 14.3 Å². The van der Waals surface area contributed by atoms with E-state index in [0.717, 1.165) is 34.1 Å². The first-order valence-corrected chi connectivity index (χ1v) is 10.1. The van der Waals surface area contributed by atoms with Crippen LogP contribution in [0.4, 0.5) is 0 Å². The predicted molar refractivity (Wildman–Crippen MR) is 117 cm³/mol. The van der Waals surface area contributed by atoms with Gasteiger partial charge in [-0.1, -0.05) is 30.3 Å². The maximum absolute atomic E-state index is 12.8. The average molecular weight is 418 g/mol. The van der Waals surface area contributed by atoms with Gasteiger partial charge in [0.05, 0.1) is 19.7 Å². The van der Waals surface area contributed by atoms with E-state index in [2.05, 4.69) is 15.3 Å². The van der Waals surface area contributed by atoms with Gasteiger partial charge in [0, 0.05) is 23.1 Å². The molecule has 3 heterocycles. The SMILES string of the molecule is COc1ccc(Cn2c(O)c([C@H]3NCCc4c3[nH]c3ccccc43)c(=O)[nH]c2=O)cc1. The third kappa shape index (κ3) is 3.21. The molecule has 1 aliphatic heterocycles. The van der Waals surface area contributed by atoms with E-state index in [1.165, 1.54) is 4.57 Å². The molecule has 0 radical (unpaired) electrons. The molecular formula is C23H22N4O4. The summed E-state index contributed by atoms with van der Waals surface area (Å²) >= 11 is 0. The summed E-state index contributed by atoms with van der Waals surface area (Å²) in [5.74, 6) is 0.355. The zero-order chi connectivity index (χ0) is 21.5. The van der Waals surface area contributed by atoms with Crippen LogP contribution in [0, 0.1) is 0 Å². The molecule has 2 aromatic carbocycles. The largest absolute Gasteiger partial charge is 0.497 e. The molecule has 1 atom stereocenters. The Hall–Kier alpha value is -3.78. The van der Waals surface area contributed by atoms with E-state index >= 15 is 0 Å². The van der Waals surface area contributed by atoms with Gasteiger partial charge in [0.15, 0.2) is 0 Å². The smallest absolute Gasteiger partial charge is 0.331 e. The molecule has 4 aromatic rings. The molecule has 0 saturated carbocycles. The molecule has 0 bridgehead atoms. The van der Waals surface area contributed by atoms with Gasteiger partial charge in [-0.15, -0.1) is 0 Å². The van der Waals surface area contributed by atoms with Gasteiger partial charge in [-0.2, -0.15) is 0 Å². The van der Waals surface area contributed by atoms with Crippen molar-refractivity contribution < 1.29 is 9.84 Å². The molecule has 0 spiro atoms. The van der Waals surface area contributed by atoms with Crippen LogP contribution in [0.3, 0.4) is 0 Å². The minimum atomic E-state index is -0.658. The van der Waals surface area contributed by atoms with Crippen LogP contribution in [-0.4, -0.2) is 33.3 Å². The number of H-pyrrole nitrogens is 2. The summed E-state index contributed by atoms with van der Waals surface area (Å²) in [7, 11) is 1.58. The first-order chi connectivity index (χ1) is 15.1. The van der Waals surface area contributed by atoms with E-state index in [0.29, 0.717) is 12.3 Å². The third-order valence-electron chi connectivity index (χ3n) is 5.85. The highest BCUT2D eigenvalue weighted by Crippen LogP contribution is 2.34. The fourth-order valence-electron chi connectivity index (χ4n) is 4.32. The van der Waals surface area contributed by atoms with E-state index in [-0.39, 0.29) is 18.0 Å². The molecule has 5 rings (SSSR count). The summed E-state index contributed by atoms with van der Waals surface area (Å²) in [5, 5.41) is 15.4. The minimum absolute atomic E-state index is 0.116. The normalized spacial score (nSPS) is 15.7. The highest BCUT2D eigenvalue weighted by Gasteiger charge is 2.30. The summed E-state index contributed by atoms with van der Waals surface area (Å²) in [4.78, 5) is 31.0. The highest BCUT2D eigenvalue weighted by molar-refractivity contribution is 5.85. The standard InChI is InChI=1S/C23H22N4O4/c1-31-14-8-6-13(7-9-14)12-27-22(29)18(21(28)26-23(27)30)20-19-16(10-11-24-20)15-4-2-3-5-17(15)25-19/h2-9,20,24-25,29H,10-12H2,1H3,(H,26,28,30)/t20-/m1/s1. The van der Waals surface area contributed by atoms with Crippen molar-refractivity contribution in [1.29, 1.82) is 0 Å². The highest BCUT2D eigenvalue weighted by atomic mass is 16.5. The van der Waals surface area contributed by atoms with Crippen LogP contribution in [0.15, 0.2) is 58.1 Å². The summed E-state index contributed by atoms with van der Waals surface area (Å²) in [6.07, 6.45) is 0.806. The van der Waals surface area contributed by atoms with E-state index in [4.69, 9.17) is 4.74 Å². The summed E-state index contributed by atoms with van der Waals surface area (Å²) < 4.78 is 6.34.